The number of alkyl halides is 1. The summed E-state index contributed by atoms with van der Waals surface area (Å²) in [6, 6.07) is 1.74. The van der Waals surface area contributed by atoms with Crippen molar-refractivity contribution in [3.8, 4) is 0 Å². The molecule has 5 nitrogen and oxygen atoms in total. The molecule has 6 heteroatoms. The predicted molar refractivity (Wildman–Crippen MR) is 70.0 cm³/mol. The van der Waals surface area contributed by atoms with Gasteiger partial charge in [-0.15, -0.1) is 11.6 Å². The lowest BCUT2D eigenvalue weighted by Crippen LogP contribution is -2.34. The smallest absolute Gasteiger partial charge is 0.255 e. The van der Waals surface area contributed by atoms with Gasteiger partial charge in [-0.1, -0.05) is 0 Å². The molecule has 1 atom stereocenters. The molecule has 18 heavy (non-hydrogen) atoms. The summed E-state index contributed by atoms with van der Waals surface area (Å²) in [5.74, 6) is -0.104. The van der Waals surface area contributed by atoms with E-state index in [-0.39, 0.29) is 11.3 Å². The summed E-state index contributed by atoms with van der Waals surface area (Å²) in [5.41, 5.74) is 1.90. The Hall–Kier alpha value is -1.20. The molecule has 1 unspecified atom stereocenters. The highest BCUT2D eigenvalue weighted by atomic mass is 35.5. The van der Waals surface area contributed by atoms with Crippen LogP contribution in [0.25, 0.3) is 0 Å². The number of amides is 1. The van der Waals surface area contributed by atoms with Crippen LogP contribution in [0.3, 0.4) is 0 Å². The Morgan fingerprint density at radius 1 is 1.50 bits per heavy atom. The average Bonchev–Trinajstić information content (AvgIpc) is 2.31. The molecule has 0 spiro atoms. The van der Waals surface area contributed by atoms with Crippen molar-refractivity contribution in [2.75, 3.05) is 27.3 Å². The molecule has 0 saturated carbocycles. The third kappa shape index (κ3) is 3.92. The van der Waals surface area contributed by atoms with Crippen LogP contribution in [-0.2, 0) is 4.74 Å². The van der Waals surface area contributed by atoms with E-state index in [9.17, 15) is 4.79 Å². The zero-order valence-electron chi connectivity index (χ0n) is 11.1. The van der Waals surface area contributed by atoms with Crippen molar-refractivity contribution < 1.29 is 9.53 Å². The van der Waals surface area contributed by atoms with Crippen LogP contribution in [0.2, 0.25) is 0 Å². The molecule has 0 fully saturated rings. The number of carbonyl (C=O) groups is 1. The third-order valence-corrected chi connectivity index (χ3v) is 2.76. The Labute approximate surface area is 112 Å². The summed E-state index contributed by atoms with van der Waals surface area (Å²) >= 11 is 6.03. The van der Waals surface area contributed by atoms with Crippen LogP contribution in [0.1, 0.15) is 21.7 Å². The standard InChI is InChI=1S/C12H18ClN3O2/c1-8-5-11(9(2)15-14-8)12(17)16(3)6-10(13)7-18-4/h5,10H,6-7H2,1-4H3. The number of ether oxygens (including phenoxy) is 1. The van der Waals surface area contributed by atoms with E-state index in [1.807, 2.05) is 0 Å². The number of carbonyl (C=O) groups excluding carboxylic acids is 1. The Morgan fingerprint density at radius 3 is 2.78 bits per heavy atom. The number of rotatable bonds is 5. The molecule has 0 radical (unpaired) electrons. The van der Waals surface area contributed by atoms with Gasteiger partial charge in [-0.3, -0.25) is 4.79 Å². The van der Waals surface area contributed by atoms with Gasteiger partial charge in [0.25, 0.3) is 5.91 Å². The number of hydrogen-bond donors (Lipinski definition) is 0. The van der Waals surface area contributed by atoms with Crippen LogP contribution in [0, 0.1) is 13.8 Å². The van der Waals surface area contributed by atoms with Crippen LogP contribution in [0.4, 0.5) is 0 Å². The number of hydrogen-bond acceptors (Lipinski definition) is 4. The van der Waals surface area contributed by atoms with Gasteiger partial charge in [-0.25, -0.2) is 0 Å². The second-order valence-electron chi connectivity index (χ2n) is 4.22. The molecule has 100 valence electrons. The quantitative estimate of drug-likeness (QED) is 0.760. The number of methoxy groups -OCH3 is 1. The van der Waals surface area contributed by atoms with E-state index in [1.165, 1.54) is 0 Å². The summed E-state index contributed by atoms with van der Waals surface area (Å²) in [6.45, 7) is 4.40. The average molecular weight is 272 g/mol. The third-order valence-electron chi connectivity index (χ3n) is 2.50. The zero-order chi connectivity index (χ0) is 13.7. The number of nitrogens with zero attached hydrogens (tertiary/aromatic N) is 3. The van der Waals surface area contributed by atoms with Gasteiger partial charge in [0.1, 0.15) is 0 Å². The van der Waals surface area contributed by atoms with Crippen molar-refractivity contribution in [1.29, 1.82) is 0 Å². The summed E-state index contributed by atoms with van der Waals surface area (Å²) in [5, 5.41) is 7.63. The molecule has 1 rings (SSSR count). The van der Waals surface area contributed by atoms with E-state index in [4.69, 9.17) is 16.3 Å². The summed E-state index contributed by atoms with van der Waals surface area (Å²) in [4.78, 5) is 13.8. The number of aryl methyl sites for hydroxylation is 2. The van der Waals surface area contributed by atoms with Crippen molar-refractivity contribution in [1.82, 2.24) is 15.1 Å². The Morgan fingerprint density at radius 2 is 2.17 bits per heavy atom. The molecular weight excluding hydrogens is 254 g/mol. The largest absolute Gasteiger partial charge is 0.383 e. The van der Waals surface area contributed by atoms with Gasteiger partial charge in [0.2, 0.25) is 0 Å². The molecule has 0 N–H and O–H groups in total. The van der Waals surface area contributed by atoms with Crippen molar-refractivity contribution in [3.63, 3.8) is 0 Å². The van der Waals surface area contributed by atoms with Crippen LogP contribution in [0.15, 0.2) is 6.07 Å². The molecule has 0 bridgehead atoms. The minimum Gasteiger partial charge on any atom is -0.383 e. The Kier molecular flexibility index (Phi) is 5.50. The molecule has 0 aliphatic carbocycles. The molecule has 1 aromatic rings. The molecule has 1 heterocycles. The number of halogens is 1. The van der Waals surface area contributed by atoms with Crippen molar-refractivity contribution >= 4 is 17.5 Å². The van der Waals surface area contributed by atoms with Gasteiger partial charge >= 0.3 is 0 Å². The van der Waals surface area contributed by atoms with Crippen molar-refractivity contribution in [2.24, 2.45) is 0 Å². The van der Waals surface area contributed by atoms with Gasteiger partial charge in [0, 0.05) is 20.7 Å². The second-order valence-corrected chi connectivity index (χ2v) is 4.84. The molecule has 0 aliphatic heterocycles. The Balaban J connectivity index is 2.77. The lowest BCUT2D eigenvalue weighted by molar-refractivity contribution is 0.0780. The first-order valence-corrected chi connectivity index (χ1v) is 6.08. The summed E-state index contributed by atoms with van der Waals surface area (Å²) in [6.07, 6.45) is 0. The van der Waals surface area contributed by atoms with E-state index in [0.717, 1.165) is 5.69 Å². The first kappa shape index (κ1) is 14.9. The first-order chi connectivity index (χ1) is 8.45. The maximum Gasteiger partial charge on any atom is 0.255 e. The molecule has 0 aliphatic rings. The van der Waals surface area contributed by atoms with E-state index in [1.54, 1.807) is 39.0 Å². The maximum absolute atomic E-state index is 12.2. The minimum absolute atomic E-state index is 0.104. The van der Waals surface area contributed by atoms with E-state index < -0.39 is 0 Å². The normalized spacial score (nSPS) is 12.3. The SMILES string of the molecule is COCC(Cl)CN(C)C(=O)c1cc(C)nnc1C. The van der Waals surface area contributed by atoms with Gasteiger partial charge in [-0.05, 0) is 19.9 Å². The zero-order valence-corrected chi connectivity index (χ0v) is 11.9. The maximum atomic E-state index is 12.2. The van der Waals surface area contributed by atoms with E-state index >= 15 is 0 Å². The predicted octanol–water partition coefficient (Wildman–Crippen LogP) is 1.42. The van der Waals surface area contributed by atoms with Gasteiger partial charge in [0.15, 0.2) is 0 Å². The minimum atomic E-state index is -0.222. The lowest BCUT2D eigenvalue weighted by atomic mass is 10.1. The fraction of sp³-hybridized carbons (Fsp3) is 0.583. The van der Waals surface area contributed by atoms with E-state index in [0.29, 0.717) is 24.4 Å². The van der Waals surface area contributed by atoms with Crippen LogP contribution >= 0.6 is 11.6 Å². The van der Waals surface area contributed by atoms with Crippen LogP contribution in [-0.4, -0.2) is 53.7 Å². The van der Waals surface area contributed by atoms with Crippen LogP contribution < -0.4 is 0 Å². The van der Waals surface area contributed by atoms with Gasteiger partial charge in [-0.2, -0.15) is 10.2 Å². The molecule has 1 amide bonds. The monoisotopic (exact) mass is 271 g/mol. The fourth-order valence-electron chi connectivity index (χ4n) is 1.59. The van der Waals surface area contributed by atoms with Crippen molar-refractivity contribution in [3.05, 3.63) is 23.0 Å². The molecule has 0 saturated heterocycles. The van der Waals surface area contributed by atoms with Crippen molar-refractivity contribution in [2.45, 2.75) is 19.2 Å². The summed E-state index contributed by atoms with van der Waals surface area (Å²) < 4.78 is 4.94. The van der Waals surface area contributed by atoms with Gasteiger partial charge < -0.3 is 9.64 Å². The molecule has 1 aromatic heterocycles. The highest BCUT2D eigenvalue weighted by Crippen LogP contribution is 2.10. The van der Waals surface area contributed by atoms with Crippen LogP contribution in [0.5, 0.6) is 0 Å². The topological polar surface area (TPSA) is 55.3 Å². The molecule has 0 aromatic carbocycles. The van der Waals surface area contributed by atoms with Gasteiger partial charge in [0.05, 0.1) is 28.9 Å². The number of aromatic nitrogens is 2. The second kappa shape index (κ2) is 6.66. The highest BCUT2D eigenvalue weighted by Gasteiger charge is 2.18. The Bertz CT molecular complexity index is 426. The molecular formula is C12H18ClN3O2. The van der Waals surface area contributed by atoms with E-state index in [2.05, 4.69) is 10.2 Å². The lowest BCUT2D eigenvalue weighted by Gasteiger charge is -2.20. The fourth-order valence-corrected chi connectivity index (χ4v) is 1.92. The summed E-state index contributed by atoms with van der Waals surface area (Å²) in [7, 11) is 3.29. The first-order valence-electron chi connectivity index (χ1n) is 5.65. The highest BCUT2D eigenvalue weighted by molar-refractivity contribution is 6.21.